The standard InChI is InChI=1S/C11H17N5O4/c12-10-14-8-7(9(20)15-10)13-6-16(8)2-1-11(3-17,4-18)5-19/h6,17-19H,1-5H2,(H3,12,14,15,20). The van der Waals surface area contributed by atoms with E-state index in [1.54, 1.807) is 4.57 Å². The zero-order chi connectivity index (χ0) is 14.8. The molecule has 0 spiro atoms. The van der Waals surface area contributed by atoms with Gasteiger partial charge >= 0.3 is 0 Å². The third-order valence-corrected chi connectivity index (χ3v) is 3.38. The third kappa shape index (κ3) is 2.50. The third-order valence-electron chi connectivity index (χ3n) is 3.38. The van der Waals surface area contributed by atoms with Gasteiger partial charge in [0, 0.05) is 12.0 Å². The average Bonchev–Trinajstić information content (AvgIpc) is 2.84. The molecule has 0 bridgehead atoms. The van der Waals surface area contributed by atoms with Crippen LogP contribution in [0.25, 0.3) is 11.2 Å². The summed E-state index contributed by atoms with van der Waals surface area (Å²) >= 11 is 0. The van der Waals surface area contributed by atoms with Crippen molar-refractivity contribution in [2.45, 2.75) is 13.0 Å². The number of aromatic amines is 1. The Labute approximate surface area is 113 Å². The van der Waals surface area contributed by atoms with Crippen LogP contribution in [0.3, 0.4) is 0 Å². The molecule has 0 saturated carbocycles. The van der Waals surface area contributed by atoms with E-state index in [-0.39, 0.29) is 31.3 Å². The molecule has 2 rings (SSSR count). The first-order valence-corrected chi connectivity index (χ1v) is 6.08. The number of aryl methyl sites for hydroxylation is 1. The van der Waals surface area contributed by atoms with Crippen molar-refractivity contribution in [3.8, 4) is 0 Å². The molecule has 9 heteroatoms. The second-order valence-electron chi connectivity index (χ2n) is 4.79. The minimum Gasteiger partial charge on any atom is -0.396 e. The fraction of sp³-hybridized carbons (Fsp3) is 0.545. The molecule has 0 aliphatic rings. The lowest BCUT2D eigenvalue weighted by molar-refractivity contribution is -0.00327. The van der Waals surface area contributed by atoms with Crippen molar-refractivity contribution >= 4 is 17.1 Å². The zero-order valence-corrected chi connectivity index (χ0v) is 10.8. The highest BCUT2D eigenvalue weighted by Gasteiger charge is 2.28. The van der Waals surface area contributed by atoms with E-state index in [0.717, 1.165) is 0 Å². The van der Waals surface area contributed by atoms with Crippen LogP contribution in [0.15, 0.2) is 11.1 Å². The number of hydrogen-bond donors (Lipinski definition) is 5. The summed E-state index contributed by atoms with van der Waals surface area (Å²) in [5, 5.41) is 27.8. The summed E-state index contributed by atoms with van der Waals surface area (Å²) in [6, 6.07) is 0. The monoisotopic (exact) mass is 283 g/mol. The van der Waals surface area contributed by atoms with Crippen molar-refractivity contribution in [2.75, 3.05) is 25.6 Å². The number of imidazole rings is 1. The van der Waals surface area contributed by atoms with Gasteiger partial charge in [-0.2, -0.15) is 4.98 Å². The van der Waals surface area contributed by atoms with Crippen LogP contribution in [0.2, 0.25) is 0 Å². The lowest BCUT2D eigenvalue weighted by atomic mass is 9.87. The van der Waals surface area contributed by atoms with Gasteiger partial charge in [-0.25, -0.2) is 4.98 Å². The van der Waals surface area contributed by atoms with E-state index in [0.29, 0.717) is 18.6 Å². The largest absolute Gasteiger partial charge is 0.396 e. The Morgan fingerprint density at radius 2 is 1.95 bits per heavy atom. The maximum Gasteiger partial charge on any atom is 0.280 e. The molecular formula is C11H17N5O4. The maximum atomic E-state index is 11.6. The molecule has 9 nitrogen and oxygen atoms in total. The van der Waals surface area contributed by atoms with Crippen LogP contribution < -0.4 is 11.3 Å². The second-order valence-corrected chi connectivity index (χ2v) is 4.79. The summed E-state index contributed by atoms with van der Waals surface area (Å²) in [6.07, 6.45) is 1.74. The highest BCUT2D eigenvalue weighted by atomic mass is 16.3. The predicted molar refractivity (Wildman–Crippen MR) is 70.9 cm³/mol. The number of anilines is 1. The number of rotatable bonds is 6. The van der Waals surface area contributed by atoms with Crippen molar-refractivity contribution < 1.29 is 15.3 Å². The first kappa shape index (κ1) is 14.4. The van der Waals surface area contributed by atoms with E-state index in [9.17, 15) is 20.1 Å². The number of aliphatic hydroxyl groups is 3. The van der Waals surface area contributed by atoms with Gasteiger partial charge in [0.25, 0.3) is 5.56 Å². The van der Waals surface area contributed by atoms with Crippen molar-refractivity contribution in [1.82, 2.24) is 19.5 Å². The smallest absolute Gasteiger partial charge is 0.280 e. The minimum absolute atomic E-state index is 0.0120. The summed E-state index contributed by atoms with van der Waals surface area (Å²) in [6.45, 7) is -0.706. The van der Waals surface area contributed by atoms with E-state index in [4.69, 9.17) is 5.73 Å². The summed E-state index contributed by atoms with van der Waals surface area (Å²) < 4.78 is 1.59. The molecule has 0 aliphatic heterocycles. The van der Waals surface area contributed by atoms with Crippen LogP contribution in [0.4, 0.5) is 5.95 Å². The van der Waals surface area contributed by atoms with E-state index in [1.165, 1.54) is 6.33 Å². The fourth-order valence-corrected chi connectivity index (χ4v) is 1.88. The molecule has 2 aromatic rings. The van der Waals surface area contributed by atoms with Crippen LogP contribution in [-0.2, 0) is 6.54 Å². The molecule has 0 atom stereocenters. The maximum absolute atomic E-state index is 11.6. The van der Waals surface area contributed by atoms with Gasteiger partial charge in [-0.1, -0.05) is 0 Å². The van der Waals surface area contributed by atoms with Crippen LogP contribution in [-0.4, -0.2) is 54.7 Å². The fourth-order valence-electron chi connectivity index (χ4n) is 1.88. The van der Waals surface area contributed by atoms with E-state index >= 15 is 0 Å². The molecule has 6 N–H and O–H groups in total. The second kappa shape index (κ2) is 5.57. The van der Waals surface area contributed by atoms with Crippen LogP contribution in [0.5, 0.6) is 0 Å². The molecule has 0 aliphatic carbocycles. The SMILES string of the molecule is Nc1nc2c(ncn2CCC(CO)(CO)CO)c(=O)[nH]1. The Balaban J connectivity index is 2.29. The number of hydrogen-bond acceptors (Lipinski definition) is 7. The summed E-state index contributed by atoms with van der Waals surface area (Å²) in [7, 11) is 0. The summed E-state index contributed by atoms with van der Waals surface area (Å²) in [4.78, 5) is 21.9. The van der Waals surface area contributed by atoms with Crippen LogP contribution >= 0.6 is 0 Å². The quantitative estimate of drug-likeness (QED) is 0.413. The van der Waals surface area contributed by atoms with Crippen LogP contribution in [0, 0.1) is 5.41 Å². The molecule has 0 fully saturated rings. The van der Waals surface area contributed by atoms with Gasteiger partial charge in [0.1, 0.15) is 0 Å². The normalized spacial score (nSPS) is 12.2. The van der Waals surface area contributed by atoms with E-state index in [1.807, 2.05) is 0 Å². The van der Waals surface area contributed by atoms with Crippen molar-refractivity contribution in [1.29, 1.82) is 0 Å². The Bertz CT molecular complexity index is 638. The number of nitrogens with zero attached hydrogens (tertiary/aromatic N) is 3. The number of nitrogens with two attached hydrogens (primary N) is 1. The molecule has 0 saturated heterocycles. The molecule has 0 aromatic carbocycles. The Kier molecular flexibility index (Phi) is 4.02. The summed E-state index contributed by atoms with van der Waals surface area (Å²) in [5.41, 5.74) is 4.57. The van der Waals surface area contributed by atoms with Crippen molar-refractivity contribution in [2.24, 2.45) is 5.41 Å². The first-order chi connectivity index (χ1) is 9.55. The Morgan fingerprint density at radius 3 is 2.55 bits per heavy atom. The lowest BCUT2D eigenvalue weighted by Gasteiger charge is -2.27. The van der Waals surface area contributed by atoms with Gasteiger partial charge < -0.3 is 25.6 Å². The number of H-pyrrole nitrogens is 1. The molecule has 110 valence electrons. The number of nitrogens with one attached hydrogen (secondary N) is 1. The molecule has 0 radical (unpaired) electrons. The van der Waals surface area contributed by atoms with Gasteiger partial charge in [-0.3, -0.25) is 9.78 Å². The Hall–Kier alpha value is -1.97. The first-order valence-electron chi connectivity index (χ1n) is 6.08. The molecule has 0 amide bonds. The molecular weight excluding hydrogens is 266 g/mol. The average molecular weight is 283 g/mol. The molecule has 2 heterocycles. The number of fused-ring (bicyclic) bond motifs is 1. The van der Waals surface area contributed by atoms with Gasteiger partial charge in [0.05, 0.1) is 26.1 Å². The molecule has 20 heavy (non-hydrogen) atoms. The van der Waals surface area contributed by atoms with E-state index in [2.05, 4.69) is 15.0 Å². The highest BCUT2D eigenvalue weighted by molar-refractivity contribution is 5.70. The van der Waals surface area contributed by atoms with Crippen molar-refractivity contribution in [3.63, 3.8) is 0 Å². The molecule has 2 aromatic heterocycles. The number of nitrogen functional groups attached to an aromatic ring is 1. The highest BCUT2D eigenvalue weighted by Crippen LogP contribution is 2.21. The number of aliphatic hydroxyl groups excluding tert-OH is 3. The minimum atomic E-state index is -0.983. The van der Waals surface area contributed by atoms with Crippen LogP contribution in [0.1, 0.15) is 6.42 Å². The molecule has 0 unspecified atom stereocenters. The van der Waals surface area contributed by atoms with Gasteiger partial charge in [-0.15, -0.1) is 0 Å². The predicted octanol–water partition coefficient (Wildman–Crippen LogP) is -1.94. The topological polar surface area (TPSA) is 150 Å². The van der Waals surface area contributed by atoms with E-state index < -0.39 is 11.0 Å². The summed E-state index contributed by atoms with van der Waals surface area (Å²) in [5.74, 6) is -0.0120. The number of aromatic nitrogens is 4. The van der Waals surface area contributed by atoms with Gasteiger partial charge in [0.2, 0.25) is 5.95 Å². The Morgan fingerprint density at radius 1 is 1.30 bits per heavy atom. The lowest BCUT2D eigenvalue weighted by Crippen LogP contribution is -2.35. The van der Waals surface area contributed by atoms with Gasteiger partial charge in [-0.05, 0) is 6.42 Å². The van der Waals surface area contributed by atoms with Gasteiger partial charge in [0.15, 0.2) is 11.2 Å². The zero-order valence-electron chi connectivity index (χ0n) is 10.8. The van der Waals surface area contributed by atoms with Crippen molar-refractivity contribution in [3.05, 3.63) is 16.7 Å².